The van der Waals surface area contributed by atoms with E-state index in [0.29, 0.717) is 0 Å². The molecular weight excluding hydrogens is 929 g/mol. The normalized spacial score (nSPS) is 14.1. The minimum atomic E-state index is -0.606. The molecule has 0 saturated heterocycles. The Morgan fingerprint density at radius 3 is 1.70 bits per heavy atom. The van der Waals surface area contributed by atoms with Crippen molar-refractivity contribution in [3.05, 3.63) is 324 Å². The van der Waals surface area contributed by atoms with Crippen LogP contribution in [-0.2, 0) is 18.3 Å². The molecule has 0 saturated carbocycles. The van der Waals surface area contributed by atoms with Gasteiger partial charge in [-0.1, -0.05) is 237 Å². The molecule has 0 bridgehead atoms. The third-order valence-corrected chi connectivity index (χ3v) is 17.0. The monoisotopic (exact) mass is 978 g/mol. The summed E-state index contributed by atoms with van der Waals surface area (Å²) in [5, 5.41) is 9.96. The number of fused-ring (bicyclic) bond motifs is 16. The molecule has 0 amide bonds. The van der Waals surface area contributed by atoms with Gasteiger partial charge in [-0.25, -0.2) is 0 Å². The van der Waals surface area contributed by atoms with Crippen molar-refractivity contribution in [1.82, 2.24) is 4.57 Å². The van der Waals surface area contributed by atoms with Gasteiger partial charge in [-0.2, -0.15) is 0 Å². The van der Waals surface area contributed by atoms with Crippen molar-refractivity contribution in [3.8, 4) is 27.9 Å². The highest BCUT2D eigenvalue weighted by Crippen LogP contribution is 2.62. The SMILES string of the molecule is c1ccc(Cc2cc(N(c3ccc4c(c3)C3(c5ccccc5-4)c4ccccc4-n4c5ccccc5c5cccc3c54)c3cc4ccccc4c4ccccc34)ccc2-c2c(Cc3ccccc3)ccc3ccccc23)cc1. The van der Waals surface area contributed by atoms with Crippen LogP contribution in [0.5, 0.6) is 0 Å². The van der Waals surface area contributed by atoms with E-state index in [1.165, 1.54) is 127 Å². The van der Waals surface area contributed by atoms with Crippen molar-refractivity contribution in [2.24, 2.45) is 0 Å². The molecular formula is C75H50N2. The highest BCUT2D eigenvalue weighted by molar-refractivity contribution is 6.16. The maximum Gasteiger partial charge on any atom is 0.0755 e. The third kappa shape index (κ3) is 6.49. The van der Waals surface area contributed by atoms with Gasteiger partial charge in [-0.3, -0.25) is 0 Å². The van der Waals surface area contributed by atoms with Crippen LogP contribution in [0.15, 0.2) is 279 Å². The Bertz CT molecular complexity index is 4700. The number of para-hydroxylation sites is 3. The number of benzene rings is 13. The Labute approximate surface area is 448 Å². The molecule has 0 radical (unpaired) electrons. The van der Waals surface area contributed by atoms with Crippen LogP contribution < -0.4 is 4.90 Å². The molecule has 2 aliphatic rings. The second kappa shape index (κ2) is 17.1. The number of anilines is 3. The summed E-state index contributed by atoms with van der Waals surface area (Å²) in [7, 11) is 0. The number of rotatable bonds is 8. The van der Waals surface area contributed by atoms with Gasteiger partial charge in [0, 0.05) is 27.5 Å². The van der Waals surface area contributed by atoms with E-state index in [0.717, 1.165) is 29.9 Å². The van der Waals surface area contributed by atoms with E-state index in [1.807, 2.05) is 0 Å². The van der Waals surface area contributed by atoms with Crippen molar-refractivity contribution in [2.75, 3.05) is 4.90 Å². The van der Waals surface area contributed by atoms with Gasteiger partial charge in [-0.15, -0.1) is 0 Å². The number of aromatic nitrogens is 1. The minimum absolute atomic E-state index is 0.606. The van der Waals surface area contributed by atoms with Gasteiger partial charge in [0.05, 0.1) is 27.8 Å². The Morgan fingerprint density at radius 2 is 0.896 bits per heavy atom. The first kappa shape index (κ1) is 43.6. The Kier molecular flexibility index (Phi) is 9.71. The molecule has 1 spiro atoms. The summed E-state index contributed by atoms with van der Waals surface area (Å²) in [5.74, 6) is 0. The van der Waals surface area contributed by atoms with Gasteiger partial charge in [0.1, 0.15) is 0 Å². The molecule has 1 aromatic heterocycles. The van der Waals surface area contributed by atoms with Crippen LogP contribution >= 0.6 is 0 Å². The molecule has 14 aromatic rings. The van der Waals surface area contributed by atoms with Crippen LogP contribution in [0.2, 0.25) is 0 Å². The van der Waals surface area contributed by atoms with Crippen molar-refractivity contribution >= 4 is 71.2 Å². The zero-order valence-electron chi connectivity index (χ0n) is 42.4. The molecule has 1 atom stereocenters. The zero-order valence-corrected chi connectivity index (χ0v) is 42.4. The fraction of sp³-hybridized carbons (Fsp3) is 0.0400. The molecule has 0 fully saturated rings. The van der Waals surface area contributed by atoms with E-state index in [2.05, 4.69) is 289 Å². The van der Waals surface area contributed by atoms with Crippen LogP contribution in [0.25, 0.3) is 82.1 Å². The second-order valence-electron chi connectivity index (χ2n) is 21.1. The van der Waals surface area contributed by atoms with E-state index in [-0.39, 0.29) is 0 Å². The maximum atomic E-state index is 2.57. The van der Waals surface area contributed by atoms with Gasteiger partial charge in [0.15, 0.2) is 0 Å². The Morgan fingerprint density at radius 1 is 0.325 bits per heavy atom. The fourth-order valence-electron chi connectivity index (χ4n) is 13.9. The van der Waals surface area contributed by atoms with E-state index < -0.39 is 5.41 Å². The Balaban J connectivity index is 0.991. The molecule has 16 rings (SSSR count). The largest absolute Gasteiger partial charge is 0.310 e. The van der Waals surface area contributed by atoms with E-state index in [4.69, 9.17) is 0 Å². The average Bonchev–Trinajstić information content (AvgIpc) is 4.21. The fourth-order valence-corrected chi connectivity index (χ4v) is 13.9. The van der Waals surface area contributed by atoms with Gasteiger partial charge in [0.25, 0.3) is 0 Å². The maximum absolute atomic E-state index is 2.57. The molecule has 77 heavy (non-hydrogen) atoms. The van der Waals surface area contributed by atoms with Gasteiger partial charge < -0.3 is 9.47 Å². The number of nitrogens with zero attached hydrogens (tertiary/aromatic N) is 2. The summed E-state index contributed by atoms with van der Waals surface area (Å²) in [6, 6.07) is 105. The molecule has 1 aliphatic carbocycles. The topological polar surface area (TPSA) is 8.17 Å². The van der Waals surface area contributed by atoms with E-state index in [1.54, 1.807) is 0 Å². The van der Waals surface area contributed by atoms with Crippen molar-refractivity contribution in [3.63, 3.8) is 0 Å². The molecule has 2 heteroatoms. The van der Waals surface area contributed by atoms with Crippen molar-refractivity contribution < 1.29 is 0 Å². The van der Waals surface area contributed by atoms with Crippen molar-refractivity contribution in [2.45, 2.75) is 18.3 Å². The second-order valence-corrected chi connectivity index (χ2v) is 21.1. The smallest absolute Gasteiger partial charge is 0.0755 e. The van der Waals surface area contributed by atoms with Crippen molar-refractivity contribution in [1.29, 1.82) is 0 Å². The lowest BCUT2D eigenvalue weighted by molar-refractivity contribution is 0.748. The highest BCUT2D eigenvalue weighted by Gasteiger charge is 2.51. The highest BCUT2D eigenvalue weighted by atomic mass is 15.1. The third-order valence-electron chi connectivity index (χ3n) is 17.0. The summed E-state index contributed by atoms with van der Waals surface area (Å²) < 4.78 is 2.54. The quantitative estimate of drug-likeness (QED) is 0.138. The Hall–Kier alpha value is -9.76. The van der Waals surface area contributed by atoms with Crippen LogP contribution in [0.4, 0.5) is 17.1 Å². The van der Waals surface area contributed by atoms with Crippen LogP contribution in [-0.4, -0.2) is 4.57 Å². The van der Waals surface area contributed by atoms with Gasteiger partial charge in [0.2, 0.25) is 0 Å². The first-order valence-corrected chi connectivity index (χ1v) is 27.0. The summed E-state index contributed by atoms with van der Waals surface area (Å²) in [5.41, 5.74) is 22.0. The minimum Gasteiger partial charge on any atom is -0.310 e. The van der Waals surface area contributed by atoms with E-state index in [9.17, 15) is 0 Å². The first-order chi connectivity index (χ1) is 38.2. The molecule has 13 aromatic carbocycles. The summed E-state index contributed by atoms with van der Waals surface area (Å²) >= 11 is 0. The molecule has 1 aliphatic heterocycles. The van der Waals surface area contributed by atoms with Crippen LogP contribution in [0.3, 0.4) is 0 Å². The number of hydrogen-bond acceptors (Lipinski definition) is 1. The lowest BCUT2D eigenvalue weighted by atomic mass is 9.65. The summed E-state index contributed by atoms with van der Waals surface area (Å²) in [6.45, 7) is 0. The predicted molar refractivity (Wildman–Crippen MR) is 323 cm³/mol. The first-order valence-electron chi connectivity index (χ1n) is 27.0. The average molecular weight is 979 g/mol. The standard InChI is InChI=1S/C75H50N2/c1-3-20-49(21-4-1)44-53-39-38-51-24-7-10-27-58(51)73(53)59-42-40-55(46-54(59)45-50-22-5-2-6-23-50)76(72-47-52-25-8-9-26-57(52)60-28-11-12-30-63(60)72)56-41-43-62-61-29-13-15-33-66(61)75(69(62)48-56)67-34-16-18-37-71(67)77-70-36-17-14-31-64(70)65-32-19-35-68(75)74(65)77/h1-43,46-48H,44-45H2. The lowest BCUT2D eigenvalue weighted by Crippen LogP contribution is -2.33. The molecule has 2 nitrogen and oxygen atoms in total. The molecule has 1 unspecified atom stereocenters. The molecule has 360 valence electrons. The van der Waals surface area contributed by atoms with Crippen LogP contribution in [0, 0.1) is 0 Å². The van der Waals surface area contributed by atoms with E-state index >= 15 is 0 Å². The van der Waals surface area contributed by atoms with Gasteiger partial charge in [-0.05, 0) is 149 Å². The van der Waals surface area contributed by atoms with Crippen LogP contribution in [0.1, 0.15) is 44.5 Å². The van der Waals surface area contributed by atoms with Gasteiger partial charge >= 0.3 is 0 Å². The number of hydrogen-bond donors (Lipinski definition) is 0. The summed E-state index contributed by atoms with van der Waals surface area (Å²) in [4.78, 5) is 2.57. The molecule has 0 N–H and O–H groups in total. The molecule has 2 heterocycles. The zero-order chi connectivity index (χ0) is 50.6. The lowest BCUT2D eigenvalue weighted by Gasteiger charge is -2.40. The summed E-state index contributed by atoms with van der Waals surface area (Å²) in [6.07, 6.45) is 1.60. The predicted octanol–water partition coefficient (Wildman–Crippen LogP) is 19.2.